The fourth-order valence-corrected chi connectivity index (χ4v) is 1.80. The standard InChI is InChI=1S/C14H17FN2O6/c1-8(2)5-11(14(19)20)16-13(18)7-23-9-3-4-12(17(21)22)10(15)6-9/h3-4,6,8,11H,5,7H2,1-2H3,(H,16,18)(H,19,20). The molecule has 0 heterocycles. The van der Waals surface area contributed by atoms with E-state index in [0.29, 0.717) is 0 Å². The van der Waals surface area contributed by atoms with Gasteiger partial charge in [0.05, 0.1) is 4.92 Å². The Hall–Kier alpha value is -2.71. The van der Waals surface area contributed by atoms with E-state index in [-0.39, 0.29) is 18.1 Å². The number of nitro groups is 1. The van der Waals surface area contributed by atoms with Crippen molar-refractivity contribution in [1.29, 1.82) is 0 Å². The van der Waals surface area contributed by atoms with Gasteiger partial charge in [-0.3, -0.25) is 14.9 Å². The molecule has 0 bridgehead atoms. The molecule has 0 aliphatic rings. The molecular formula is C14H17FN2O6. The quantitative estimate of drug-likeness (QED) is 0.554. The third-order valence-electron chi connectivity index (χ3n) is 2.83. The highest BCUT2D eigenvalue weighted by Gasteiger charge is 2.21. The van der Waals surface area contributed by atoms with Crippen molar-refractivity contribution in [2.45, 2.75) is 26.3 Å². The molecule has 1 aromatic carbocycles. The van der Waals surface area contributed by atoms with Crippen molar-refractivity contribution in [1.82, 2.24) is 5.32 Å². The topological polar surface area (TPSA) is 119 Å². The second kappa shape index (κ2) is 8.06. The summed E-state index contributed by atoms with van der Waals surface area (Å²) in [6, 6.07) is 1.81. The Morgan fingerprint density at radius 2 is 2.09 bits per heavy atom. The lowest BCUT2D eigenvalue weighted by molar-refractivity contribution is -0.387. The Bertz CT molecular complexity index is 605. The fourth-order valence-electron chi connectivity index (χ4n) is 1.80. The molecule has 0 aliphatic carbocycles. The van der Waals surface area contributed by atoms with Crippen molar-refractivity contribution in [3.05, 3.63) is 34.1 Å². The Labute approximate surface area is 131 Å². The molecule has 2 N–H and O–H groups in total. The first-order chi connectivity index (χ1) is 10.7. The van der Waals surface area contributed by atoms with Gasteiger partial charge < -0.3 is 15.2 Å². The SMILES string of the molecule is CC(C)CC(NC(=O)COc1ccc([N+](=O)[O-])c(F)c1)C(=O)O. The molecule has 1 unspecified atom stereocenters. The first kappa shape index (κ1) is 18.3. The molecule has 126 valence electrons. The summed E-state index contributed by atoms with van der Waals surface area (Å²) < 4.78 is 18.4. The van der Waals surface area contributed by atoms with Crippen LogP contribution in [0.15, 0.2) is 18.2 Å². The van der Waals surface area contributed by atoms with Crippen LogP contribution in [0.25, 0.3) is 0 Å². The number of carbonyl (C=O) groups is 2. The van der Waals surface area contributed by atoms with Crippen molar-refractivity contribution < 1.29 is 28.7 Å². The van der Waals surface area contributed by atoms with E-state index in [1.807, 2.05) is 13.8 Å². The summed E-state index contributed by atoms with van der Waals surface area (Å²) in [4.78, 5) is 32.3. The fraction of sp³-hybridized carbons (Fsp3) is 0.429. The van der Waals surface area contributed by atoms with Crippen LogP contribution in [0.3, 0.4) is 0 Å². The zero-order valence-corrected chi connectivity index (χ0v) is 12.6. The third-order valence-corrected chi connectivity index (χ3v) is 2.83. The van der Waals surface area contributed by atoms with E-state index in [4.69, 9.17) is 9.84 Å². The number of halogens is 1. The van der Waals surface area contributed by atoms with Gasteiger partial charge in [0.2, 0.25) is 5.82 Å². The average Bonchev–Trinajstić information content (AvgIpc) is 2.43. The molecule has 0 saturated heterocycles. The van der Waals surface area contributed by atoms with Gasteiger partial charge in [-0.15, -0.1) is 0 Å². The van der Waals surface area contributed by atoms with Crippen LogP contribution in [0, 0.1) is 21.8 Å². The monoisotopic (exact) mass is 328 g/mol. The molecular weight excluding hydrogens is 311 g/mol. The molecule has 23 heavy (non-hydrogen) atoms. The molecule has 0 fully saturated rings. The molecule has 0 aliphatic heterocycles. The van der Waals surface area contributed by atoms with Crippen molar-refractivity contribution in [3.63, 3.8) is 0 Å². The predicted molar refractivity (Wildman–Crippen MR) is 77.6 cm³/mol. The average molecular weight is 328 g/mol. The molecule has 0 saturated carbocycles. The highest BCUT2D eigenvalue weighted by Crippen LogP contribution is 2.22. The maximum Gasteiger partial charge on any atom is 0.326 e. The van der Waals surface area contributed by atoms with E-state index < -0.39 is 41.0 Å². The van der Waals surface area contributed by atoms with Gasteiger partial charge in [0, 0.05) is 12.1 Å². The van der Waals surface area contributed by atoms with E-state index in [2.05, 4.69) is 5.32 Å². The molecule has 0 aromatic heterocycles. The number of carbonyl (C=O) groups excluding carboxylic acids is 1. The number of carboxylic acids is 1. The van der Waals surface area contributed by atoms with Gasteiger partial charge in [-0.1, -0.05) is 13.8 Å². The van der Waals surface area contributed by atoms with Crippen LogP contribution in [0.2, 0.25) is 0 Å². The number of ether oxygens (including phenoxy) is 1. The van der Waals surface area contributed by atoms with Crippen molar-refractivity contribution in [2.24, 2.45) is 5.92 Å². The molecule has 9 heteroatoms. The van der Waals surface area contributed by atoms with E-state index in [0.717, 1.165) is 18.2 Å². The Kier molecular flexibility index (Phi) is 6.43. The van der Waals surface area contributed by atoms with Gasteiger partial charge in [-0.2, -0.15) is 4.39 Å². The highest BCUT2D eigenvalue weighted by atomic mass is 19.1. The summed E-state index contributed by atoms with van der Waals surface area (Å²) >= 11 is 0. The van der Waals surface area contributed by atoms with Crippen LogP contribution < -0.4 is 10.1 Å². The zero-order chi connectivity index (χ0) is 17.6. The van der Waals surface area contributed by atoms with E-state index in [1.54, 1.807) is 0 Å². The second-order valence-corrected chi connectivity index (χ2v) is 5.25. The number of aliphatic carboxylic acids is 1. The molecule has 0 spiro atoms. The number of benzene rings is 1. The summed E-state index contributed by atoms with van der Waals surface area (Å²) in [5, 5.41) is 21.8. The zero-order valence-electron chi connectivity index (χ0n) is 12.6. The van der Waals surface area contributed by atoms with Crippen molar-refractivity contribution in [2.75, 3.05) is 6.61 Å². The predicted octanol–water partition coefficient (Wildman–Crippen LogP) is 1.73. The maximum absolute atomic E-state index is 13.4. The summed E-state index contributed by atoms with van der Waals surface area (Å²) in [5.41, 5.74) is -0.704. The lowest BCUT2D eigenvalue weighted by atomic mass is 10.0. The van der Waals surface area contributed by atoms with Crippen molar-refractivity contribution in [3.8, 4) is 5.75 Å². The first-order valence-electron chi connectivity index (χ1n) is 6.79. The van der Waals surface area contributed by atoms with Crippen LogP contribution in [0.5, 0.6) is 5.75 Å². The van der Waals surface area contributed by atoms with Gasteiger partial charge in [-0.05, 0) is 18.4 Å². The molecule has 8 nitrogen and oxygen atoms in total. The number of carboxylic acid groups (broad SMARTS) is 1. The van der Waals surface area contributed by atoms with Gasteiger partial charge in [-0.25, -0.2) is 4.79 Å². The minimum absolute atomic E-state index is 0.0704. The lowest BCUT2D eigenvalue weighted by Gasteiger charge is -2.16. The van der Waals surface area contributed by atoms with Gasteiger partial charge in [0.1, 0.15) is 11.8 Å². The third kappa shape index (κ3) is 5.89. The Morgan fingerprint density at radius 3 is 2.57 bits per heavy atom. The number of hydrogen-bond donors (Lipinski definition) is 2. The maximum atomic E-state index is 13.4. The van der Waals surface area contributed by atoms with Gasteiger partial charge in [0.25, 0.3) is 5.91 Å². The number of amides is 1. The van der Waals surface area contributed by atoms with Crippen LogP contribution in [0.1, 0.15) is 20.3 Å². The van der Waals surface area contributed by atoms with Crippen LogP contribution >= 0.6 is 0 Å². The van der Waals surface area contributed by atoms with Gasteiger partial charge in [0.15, 0.2) is 6.61 Å². The Morgan fingerprint density at radius 1 is 1.43 bits per heavy atom. The molecule has 1 amide bonds. The van der Waals surface area contributed by atoms with Crippen LogP contribution in [-0.2, 0) is 9.59 Å². The minimum atomic E-state index is -1.16. The number of nitro benzene ring substituents is 1. The molecule has 1 atom stereocenters. The van der Waals surface area contributed by atoms with Crippen LogP contribution in [-0.4, -0.2) is 34.6 Å². The summed E-state index contributed by atoms with van der Waals surface area (Å²) in [5.74, 6) is -2.93. The number of nitrogens with one attached hydrogen (secondary N) is 1. The van der Waals surface area contributed by atoms with E-state index in [1.165, 1.54) is 0 Å². The lowest BCUT2D eigenvalue weighted by Crippen LogP contribution is -2.43. The van der Waals surface area contributed by atoms with Gasteiger partial charge >= 0.3 is 11.7 Å². The molecule has 1 rings (SSSR count). The highest BCUT2D eigenvalue weighted by molar-refractivity contribution is 5.84. The number of nitrogens with zero attached hydrogens (tertiary/aromatic N) is 1. The smallest absolute Gasteiger partial charge is 0.326 e. The minimum Gasteiger partial charge on any atom is -0.484 e. The second-order valence-electron chi connectivity index (χ2n) is 5.25. The van der Waals surface area contributed by atoms with E-state index >= 15 is 0 Å². The number of rotatable bonds is 8. The summed E-state index contributed by atoms with van der Waals surface area (Å²) in [7, 11) is 0. The van der Waals surface area contributed by atoms with E-state index in [9.17, 15) is 24.1 Å². The Balaban J connectivity index is 2.60. The summed E-state index contributed by atoms with van der Waals surface area (Å²) in [6.45, 7) is 3.11. The first-order valence-corrected chi connectivity index (χ1v) is 6.79. The van der Waals surface area contributed by atoms with Crippen molar-refractivity contribution >= 4 is 17.6 Å². The molecule has 0 radical (unpaired) electrons. The van der Waals surface area contributed by atoms with Crippen LogP contribution in [0.4, 0.5) is 10.1 Å². The largest absolute Gasteiger partial charge is 0.484 e. The normalized spacial score (nSPS) is 11.8. The number of hydrogen-bond acceptors (Lipinski definition) is 5. The molecule has 1 aromatic rings. The summed E-state index contributed by atoms with van der Waals surface area (Å²) in [6.07, 6.45) is 0.257.